The molecule has 0 saturated heterocycles. The summed E-state index contributed by atoms with van der Waals surface area (Å²) < 4.78 is 5.49. The number of carbonyl (C=O) groups excluding carboxylic acids is 1. The van der Waals surface area contributed by atoms with Crippen molar-refractivity contribution in [1.82, 2.24) is 5.32 Å². The van der Waals surface area contributed by atoms with Crippen molar-refractivity contribution >= 4 is 11.9 Å². The SMILES string of the molecule is CCCOc1cccc(CNC(=O)CCC(=O)O)c1. The van der Waals surface area contributed by atoms with E-state index in [1.165, 1.54) is 0 Å². The van der Waals surface area contributed by atoms with Crippen LogP contribution in [0.4, 0.5) is 0 Å². The van der Waals surface area contributed by atoms with E-state index in [9.17, 15) is 9.59 Å². The zero-order chi connectivity index (χ0) is 14.1. The zero-order valence-corrected chi connectivity index (χ0v) is 11.0. The Morgan fingerprint density at radius 1 is 1.32 bits per heavy atom. The molecule has 1 rings (SSSR count). The number of nitrogens with one attached hydrogen (secondary N) is 1. The number of hydrogen-bond acceptors (Lipinski definition) is 3. The topological polar surface area (TPSA) is 75.6 Å². The number of amides is 1. The van der Waals surface area contributed by atoms with E-state index in [1.807, 2.05) is 31.2 Å². The Bertz CT molecular complexity index is 431. The molecule has 0 aliphatic rings. The Morgan fingerprint density at radius 3 is 2.79 bits per heavy atom. The second kappa shape index (κ2) is 8.13. The van der Waals surface area contributed by atoms with Gasteiger partial charge in [0.15, 0.2) is 0 Å². The van der Waals surface area contributed by atoms with Gasteiger partial charge in [0, 0.05) is 13.0 Å². The minimum Gasteiger partial charge on any atom is -0.494 e. The molecule has 0 atom stereocenters. The van der Waals surface area contributed by atoms with Crippen molar-refractivity contribution in [3.8, 4) is 5.75 Å². The third-order valence-electron chi connectivity index (χ3n) is 2.43. The van der Waals surface area contributed by atoms with Crippen LogP contribution in [0.3, 0.4) is 0 Å². The predicted octanol–water partition coefficient (Wildman–Crippen LogP) is 1.96. The molecule has 0 radical (unpaired) electrons. The summed E-state index contributed by atoms with van der Waals surface area (Å²) in [6, 6.07) is 7.48. The standard InChI is InChI=1S/C14H19NO4/c1-2-8-19-12-5-3-4-11(9-12)10-15-13(16)6-7-14(17)18/h3-5,9H,2,6-8,10H2,1H3,(H,15,16)(H,17,18). The molecule has 0 aromatic heterocycles. The Hall–Kier alpha value is -2.04. The van der Waals surface area contributed by atoms with Gasteiger partial charge in [-0.25, -0.2) is 0 Å². The molecular weight excluding hydrogens is 246 g/mol. The third-order valence-corrected chi connectivity index (χ3v) is 2.43. The van der Waals surface area contributed by atoms with Gasteiger partial charge in [0.25, 0.3) is 0 Å². The first-order valence-electron chi connectivity index (χ1n) is 6.32. The first-order chi connectivity index (χ1) is 9.11. The van der Waals surface area contributed by atoms with Crippen molar-refractivity contribution in [3.63, 3.8) is 0 Å². The summed E-state index contributed by atoms with van der Waals surface area (Å²) >= 11 is 0. The molecule has 0 aliphatic carbocycles. The molecular formula is C14H19NO4. The number of carboxylic acid groups (broad SMARTS) is 1. The van der Waals surface area contributed by atoms with Crippen LogP contribution in [-0.4, -0.2) is 23.6 Å². The summed E-state index contributed by atoms with van der Waals surface area (Å²) in [6.45, 7) is 3.07. The minimum atomic E-state index is -0.967. The number of hydrogen-bond donors (Lipinski definition) is 2. The van der Waals surface area contributed by atoms with E-state index in [1.54, 1.807) is 0 Å². The van der Waals surface area contributed by atoms with Crippen molar-refractivity contribution in [2.45, 2.75) is 32.7 Å². The van der Waals surface area contributed by atoms with E-state index in [0.717, 1.165) is 17.7 Å². The van der Waals surface area contributed by atoms with Gasteiger partial charge in [0.05, 0.1) is 13.0 Å². The van der Waals surface area contributed by atoms with E-state index in [-0.39, 0.29) is 18.7 Å². The molecule has 1 aromatic carbocycles. The van der Waals surface area contributed by atoms with E-state index in [2.05, 4.69) is 5.32 Å². The summed E-state index contributed by atoms with van der Waals surface area (Å²) in [7, 11) is 0. The van der Waals surface area contributed by atoms with E-state index in [4.69, 9.17) is 9.84 Å². The highest BCUT2D eigenvalue weighted by atomic mass is 16.5. The fourth-order valence-electron chi connectivity index (χ4n) is 1.47. The molecule has 1 amide bonds. The zero-order valence-electron chi connectivity index (χ0n) is 11.0. The highest BCUT2D eigenvalue weighted by Crippen LogP contribution is 2.13. The highest BCUT2D eigenvalue weighted by Gasteiger charge is 2.05. The average molecular weight is 265 g/mol. The molecule has 1 aromatic rings. The van der Waals surface area contributed by atoms with E-state index >= 15 is 0 Å². The Morgan fingerprint density at radius 2 is 2.11 bits per heavy atom. The first kappa shape index (κ1) is 15.0. The predicted molar refractivity (Wildman–Crippen MR) is 70.9 cm³/mol. The number of aliphatic carboxylic acids is 1. The summed E-state index contributed by atoms with van der Waals surface area (Å²) in [5, 5.41) is 11.1. The molecule has 19 heavy (non-hydrogen) atoms. The largest absolute Gasteiger partial charge is 0.494 e. The molecule has 0 fully saturated rings. The maximum atomic E-state index is 11.4. The van der Waals surface area contributed by atoms with Gasteiger partial charge in [-0.05, 0) is 24.1 Å². The van der Waals surface area contributed by atoms with Crippen molar-refractivity contribution in [2.75, 3.05) is 6.61 Å². The van der Waals surface area contributed by atoms with Crippen LogP contribution in [0.2, 0.25) is 0 Å². The lowest BCUT2D eigenvalue weighted by molar-refractivity contribution is -0.138. The highest BCUT2D eigenvalue weighted by molar-refractivity contribution is 5.80. The lowest BCUT2D eigenvalue weighted by atomic mass is 10.2. The van der Waals surface area contributed by atoms with Crippen molar-refractivity contribution in [3.05, 3.63) is 29.8 Å². The Kier molecular flexibility index (Phi) is 6.43. The molecule has 0 aliphatic heterocycles. The smallest absolute Gasteiger partial charge is 0.303 e. The normalized spacial score (nSPS) is 9.95. The van der Waals surface area contributed by atoms with Crippen LogP contribution in [0, 0.1) is 0 Å². The molecule has 104 valence electrons. The molecule has 2 N–H and O–H groups in total. The average Bonchev–Trinajstić information content (AvgIpc) is 2.41. The molecule has 0 bridgehead atoms. The number of benzene rings is 1. The van der Waals surface area contributed by atoms with Gasteiger partial charge in [0.2, 0.25) is 5.91 Å². The van der Waals surface area contributed by atoms with Crippen LogP contribution in [0.15, 0.2) is 24.3 Å². The number of ether oxygens (including phenoxy) is 1. The van der Waals surface area contributed by atoms with Gasteiger partial charge < -0.3 is 15.2 Å². The summed E-state index contributed by atoms with van der Waals surface area (Å²) in [4.78, 5) is 21.7. The van der Waals surface area contributed by atoms with Gasteiger partial charge in [-0.3, -0.25) is 9.59 Å². The van der Waals surface area contributed by atoms with Crippen LogP contribution in [-0.2, 0) is 16.1 Å². The fraction of sp³-hybridized carbons (Fsp3) is 0.429. The number of rotatable bonds is 8. The van der Waals surface area contributed by atoms with Gasteiger partial charge >= 0.3 is 5.97 Å². The Labute approximate surface area is 112 Å². The summed E-state index contributed by atoms with van der Waals surface area (Å²) in [5.41, 5.74) is 0.928. The second-order valence-corrected chi connectivity index (χ2v) is 4.17. The molecule has 0 heterocycles. The minimum absolute atomic E-state index is 0.00135. The summed E-state index contributed by atoms with van der Waals surface area (Å²) in [6.07, 6.45) is 0.795. The van der Waals surface area contributed by atoms with Gasteiger partial charge in [-0.2, -0.15) is 0 Å². The van der Waals surface area contributed by atoms with Crippen molar-refractivity contribution in [1.29, 1.82) is 0 Å². The van der Waals surface area contributed by atoms with Gasteiger partial charge in [-0.15, -0.1) is 0 Å². The van der Waals surface area contributed by atoms with Crippen LogP contribution < -0.4 is 10.1 Å². The molecule has 5 nitrogen and oxygen atoms in total. The van der Waals surface area contributed by atoms with Crippen LogP contribution >= 0.6 is 0 Å². The van der Waals surface area contributed by atoms with E-state index < -0.39 is 5.97 Å². The maximum absolute atomic E-state index is 11.4. The maximum Gasteiger partial charge on any atom is 0.303 e. The lowest BCUT2D eigenvalue weighted by Crippen LogP contribution is -2.23. The summed E-state index contributed by atoms with van der Waals surface area (Å²) in [5.74, 6) is -0.452. The van der Waals surface area contributed by atoms with Crippen LogP contribution in [0.1, 0.15) is 31.7 Å². The van der Waals surface area contributed by atoms with Crippen molar-refractivity contribution in [2.24, 2.45) is 0 Å². The van der Waals surface area contributed by atoms with Crippen LogP contribution in [0.5, 0.6) is 5.75 Å². The lowest BCUT2D eigenvalue weighted by Gasteiger charge is -2.08. The third kappa shape index (κ3) is 6.45. The Balaban J connectivity index is 2.39. The molecule has 0 spiro atoms. The van der Waals surface area contributed by atoms with Crippen LogP contribution in [0.25, 0.3) is 0 Å². The van der Waals surface area contributed by atoms with Gasteiger partial charge in [0.1, 0.15) is 5.75 Å². The molecule has 0 saturated carbocycles. The molecule has 0 unspecified atom stereocenters. The van der Waals surface area contributed by atoms with E-state index in [0.29, 0.717) is 13.2 Å². The fourth-order valence-corrected chi connectivity index (χ4v) is 1.47. The second-order valence-electron chi connectivity index (χ2n) is 4.17. The quantitative estimate of drug-likeness (QED) is 0.753. The van der Waals surface area contributed by atoms with Crippen molar-refractivity contribution < 1.29 is 19.4 Å². The number of carbonyl (C=O) groups is 2. The first-order valence-corrected chi connectivity index (χ1v) is 6.32. The van der Waals surface area contributed by atoms with Gasteiger partial charge in [-0.1, -0.05) is 19.1 Å². The monoisotopic (exact) mass is 265 g/mol. The molecule has 5 heteroatoms. The number of carboxylic acids is 1.